The molecule has 1 aromatic carbocycles. The summed E-state index contributed by atoms with van der Waals surface area (Å²) in [4.78, 5) is 37.3. The van der Waals surface area contributed by atoms with Crippen LogP contribution in [0.3, 0.4) is 0 Å². The van der Waals surface area contributed by atoms with Crippen molar-refractivity contribution in [2.24, 2.45) is 0 Å². The van der Waals surface area contributed by atoms with Gasteiger partial charge in [0.15, 0.2) is 0 Å². The Morgan fingerprint density at radius 2 is 1.93 bits per heavy atom. The number of carbonyl (C=O) groups is 2. The lowest BCUT2D eigenvalue weighted by Crippen LogP contribution is -2.41. The number of carbonyl (C=O) groups excluding carboxylic acids is 2. The molecule has 150 valence electrons. The lowest BCUT2D eigenvalue weighted by atomic mass is 10.2. The Kier molecular flexibility index (Phi) is 4.38. The fraction of sp³-hybridized carbons (Fsp3) is 0.409. The lowest BCUT2D eigenvalue weighted by molar-refractivity contribution is -0.129. The topological polar surface area (TPSA) is 74.2 Å². The number of amides is 2. The van der Waals surface area contributed by atoms with E-state index in [1.807, 2.05) is 53.3 Å². The number of imidazole rings is 1. The van der Waals surface area contributed by atoms with E-state index in [-0.39, 0.29) is 17.9 Å². The van der Waals surface area contributed by atoms with Gasteiger partial charge in [0.1, 0.15) is 11.5 Å². The molecule has 0 radical (unpaired) electrons. The molecule has 0 spiro atoms. The first-order valence-electron chi connectivity index (χ1n) is 10.3. The molecule has 3 aromatic rings. The van der Waals surface area contributed by atoms with Gasteiger partial charge in [-0.25, -0.2) is 4.98 Å². The molecule has 1 unspecified atom stereocenters. The van der Waals surface area contributed by atoms with E-state index in [0.717, 1.165) is 48.4 Å². The predicted molar refractivity (Wildman–Crippen MR) is 109 cm³/mol. The monoisotopic (exact) mass is 391 g/mol. The molecule has 2 aliphatic heterocycles. The van der Waals surface area contributed by atoms with Crippen molar-refractivity contribution >= 4 is 22.7 Å². The first-order valence-corrected chi connectivity index (χ1v) is 10.3. The molecule has 7 heteroatoms. The van der Waals surface area contributed by atoms with Crippen LogP contribution in [0.1, 0.15) is 47.8 Å². The minimum absolute atomic E-state index is 0.0161. The second kappa shape index (κ2) is 7.06. The first-order chi connectivity index (χ1) is 14.1. The van der Waals surface area contributed by atoms with Crippen LogP contribution >= 0.6 is 0 Å². The number of H-pyrrole nitrogens is 1. The zero-order valence-electron chi connectivity index (χ0n) is 16.6. The highest BCUT2D eigenvalue weighted by molar-refractivity contribution is 5.98. The number of hydrogen-bond acceptors (Lipinski definition) is 3. The SMILES string of the molecule is CC1c2nc(CC(=O)N3CCCC3)cn2CCN1C(=O)c1cc2ccccc2[nH]1. The van der Waals surface area contributed by atoms with Gasteiger partial charge in [-0.2, -0.15) is 0 Å². The molecule has 2 aliphatic rings. The van der Waals surface area contributed by atoms with Crippen LogP contribution in [-0.2, 0) is 17.8 Å². The van der Waals surface area contributed by atoms with Crippen LogP contribution in [0.2, 0.25) is 0 Å². The summed E-state index contributed by atoms with van der Waals surface area (Å²) in [5, 5.41) is 1.03. The van der Waals surface area contributed by atoms with Gasteiger partial charge in [-0.1, -0.05) is 18.2 Å². The van der Waals surface area contributed by atoms with E-state index < -0.39 is 0 Å². The van der Waals surface area contributed by atoms with Gasteiger partial charge in [-0.05, 0) is 31.9 Å². The minimum Gasteiger partial charge on any atom is -0.351 e. The summed E-state index contributed by atoms with van der Waals surface area (Å²) in [6.07, 6.45) is 4.49. The molecular weight excluding hydrogens is 366 g/mol. The fourth-order valence-corrected chi connectivity index (χ4v) is 4.49. The highest BCUT2D eigenvalue weighted by Gasteiger charge is 2.31. The minimum atomic E-state index is -0.140. The third-order valence-electron chi connectivity index (χ3n) is 6.09. The number of nitrogens with zero attached hydrogens (tertiary/aromatic N) is 4. The molecule has 0 aliphatic carbocycles. The van der Waals surface area contributed by atoms with Gasteiger partial charge in [-0.15, -0.1) is 0 Å². The maximum absolute atomic E-state index is 13.1. The quantitative estimate of drug-likeness (QED) is 0.746. The smallest absolute Gasteiger partial charge is 0.270 e. The van der Waals surface area contributed by atoms with Gasteiger partial charge in [0.05, 0.1) is 18.2 Å². The van der Waals surface area contributed by atoms with Crippen molar-refractivity contribution in [1.29, 1.82) is 0 Å². The Morgan fingerprint density at radius 3 is 2.72 bits per heavy atom. The Hall–Kier alpha value is -3.09. The van der Waals surface area contributed by atoms with E-state index in [9.17, 15) is 9.59 Å². The standard InChI is InChI=1S/C22H25N5O2/c1-15-21-23-17(13-20(28)25-8-4-5-9-25)14-26(21)10-11-27(15)22(29)19-12-16-6-2-3-7-18(16)24-19/h2-3,6-7,12,14-15,24H,4-5,8-11,13H2,1H3. The molecule has 1 atom stereocenters. The molecule has 1 fully saturated rings. The van der Waals surface area contributed by atoms with Crippen molar-refractivity contribution in [3.8, 4) is 0 Å². The largest absolute Gasteiger partial charge is 0.351 e. The molecule has 5 rings (SSSR count). The lowest BCUT2D eigenvalue weighted by Gasteiger charge is -2.33. The van der Waals surface area contributed by atoms with Crippen molar-refractivity contribution in [2.75, 3.05) is 19.6 Å². The summed E-state index contributed by atoms with van der Waals surface area (Å²) < 4.78 is 2.09. The van der Waals surface area contributed by atoms with Crippen LogP contribution in [-0.4, -0.2) is 55.8 Å². The van der Waals surface area contributed by atoms with Crippen molar-refractivity contribution in [2.45, 2.75) is 38.8 Å². The molecule has 4 heterocycles. The third kappa shape index (κ3) is 3.20. The first kappa shape index (κ1) is 18.0. The number of likely N-dealkylation sites (tertiary alicyclic amines) is 1. The van der Waals surface area contributed by atoms with Gasteiger partial charge in [0.25, 0.3) is 5.91 Å². The Morgan fingerprint density at radius 1 is 1.14 bits per heavy atom. The van der Waals surface area contributed by atoms with E-state index in [2.05, 4.69) is 9.55 Å². The summed E-state index contributed by atoms with van der Waals surface area (Å²) in [5.41, 5.74) is 2.36. The highest BCUT2D eigenvalue weighted by Crippen LogP contribution is 2.27. The van der Waals surface area contributed by atoms with E-state index in [1.54, 1.807) is 0 Å². The molecule has 29 heavy (non-hydrogen) atoms. The zero-order chi connectivity index (χ0) is 20.0. The van der Waals surface area contributed by atoms with Gasteiger partial charge >= 0.3 is 0 Å². The second-order valence-electron chi connectivity index (χ2n) is 7.99. The maximum atomic E-state index is 13.1. The van der Waals surface area contributed by atoms with Crippen LogP contribution in [0.4, 0.5) is 0 Å². The number of aromatic amines is 1. The fourth-order valence-electron chi connectivity index (χ4n) is 4.49. The van der Waals surface area contributed by atoms with Crippen molar-refractivity contribution < 1.29 is 9.59 Å². The summed E-state index contributed by atoms with van der Waals surface area (Å²) >= 11 is 0. The van der Waals surface area contributed by atoms with Gasteiger partial charge in [0.2, 0.25) is 5.91 Å². The summed E-state index contributed by atoms with van der Waals surface area (Å²) in [6, 6.07) is 9.67. The highest BCUT2D eigenvalue weighted by atomic mass is 16.2. The number of aromatic nitrogens is 3. The van der Waals surface area contributed by atoms with Gasteiger partial charge < -0.3 is 19.4 Å². The van der Waals surface area contributed by atoms with E-state index in [4.69, 9.17) is 4.98 Å². The number of hydrogen-bond donors (Lipinski definition) is 1. The molecule has 2 amide bonds. The summed E-state index contributed by atoms with van der Waals surface area (Å²) in [6.45, 7) is 5.03. The average molecular weight is 391 g/mol. The molecular formula is C22H25N5O2. The zero-order valence-corrected chi connectivity index (χ0v) is 16.6. The second-order valence-corrected chi connectivity index (χ2v) is 7.99. The number of benzene rings is 1. The average Bonchev–Trinajstić information content (AvgIpc) is 3.46. The van der Waals surface area contributed by atoms with Crippen LogP contribution in [0.15, 0.2) is 36.5 Å². The maximum Gasteiger partial charge on any atom is 0.270 e. The van der Waals surface area contributed by atoms with Gasteiger partial charge in [0, 0.05) is 43.3 Å². The molecule has 0 bridgehead atoms. The van der Waals surface area contributed by atoms with E-state index in [0.29, 0.717) is 25.2 Å². The van der Waals surface area contributed by atoms with Crippen molar-refractivity contribution in [3.05, 3.63) is 53.7 Å². The van der Waals surface area contributed by atoms with Crippen molar-refractivity contribution in [3.63, 3.8) is 0 Å². The Bertz CT molecular complexity index is 1040. The van der Waals surface area contributed by atoms with Crippen LogP contribution in [0.5, 0.6) is 0 Å². The number of fused-ring (bicyclic) bond motifs is 2. The summed E-state index contributed by atoms with van der Waals surface area (Å²) in [5.74, 6) is 0.985. The molecule has 1 N–H and O–H groups in total. The number of rotatable bonds is 3. The van der Waals surface area contributed by atoms with Crippen molar-refractivity contribution in [1.82, 2.24) is 24.3 Å². The van der Waals surface area contributed by atoms with Crippen LogP contribution in [0, 0.1) is 0 Å². The normalized spacial score (nSPS) is 19.0. The van der Waals surface area contributed by atoms with Crippen LogP contribution < -0.4 is 0 Å². The predicted octanol–water partition coefficient (Wildman–Crippen LogP) is 2.75. The number of nitrogens with one attached hydrogen (secondary N) is 1. The Labute approximate surface area is 169 Å². The van der Waals surface area contributed by atoms with E-state index >= 15 is 0 Å². The van der Waals surface area contributed by atoms with Gasteiger partial charge in [-0.3, -0.25) is 9.59 Å². The number of para-hydroxylation sites is 1. The van der Waals surface area contributed by atoms with Crippen LogP contribution in [0.25, 0.3) is 10.9 Å². The molecule has 2 aromatic heterocycles. The molecule has 0 saturated carbocycles. The Balaban J connectivity index is 1.34. The summed E-state index contributed by atoms with van der Waals surface area (Å²) in [7, 11) is 0. The third-order valence-corrected chi connectivity index (χ3v) is 6.09. The molecule has 1 saturated heterocycles. The van der Waals surface area contributed by atoms with E-state index in [1.165, 1.54) is 0 Å². The molecule has 7 nitrogen and oxygen atoms in total.